The Morgan fingerprint density at radius 1 is 1.41 bits per heavy atom. The number of halogens is 3. The average Bonchev–Trinajstić information content (AvgIpc) is 2.60. The molecular weight excluding hydrogens is 239 g/mol. The van der Waals surface area contributed by atoms with Crippen LogP contribution in [-0.2, 0) is 0 Å². The van der Waals surface area contributed by atoms with Crippen LogP contribution in [0.5, 0.6) is 5.75 Å². The Hall–Kier alpha value is -2.05. The Labute approximate surface area is 93.0 Å². The number of ketones is 1. The van der Waals surface area contributed by atoms with Gasteiger partial charge in [0.25, 0.3) is 5.89 Å². The van der Waals surface area contributed by atoms with E-state index < -0.39 is 17.9 Å². The molecule has 0 atom stereocenters. The number of benzene rings is 1. The van der Waals surface area contributed by atoms with E-state index in [9.17, 15) is 18.0 Å². The fraction of sp³-hybridized carbons (Fsp3) is 0.200. The lowest BCUT2D eigenvalue weighted by molar-refractivity contribution is -0.274. The molecule has 0 spiro atoms. The third-order valence-electron chi connectivity index (χ3n) is 1.91. The van der Waals surface area contributed by atoms with Gasteiger partial charge in [0.1, 0.15) is 0 Å². The van der Waals surface area contributed by atoms with E-state index in [1.54, 1.807) is 0 Å². The maximum atomic E-state index is 12.1. The third-order valence-corrected chi connectivity index (χ3v) is 1.91. The summed E-state index contributed by atoms with van der Waals surface area (Å²) in [7, 11) is 0. The molecule has 0 aliphatic carbocycles. The van der Waals surface area contributed by atoms with Gasteiger partial charge in [-0.15, -0.1) is 13.2 Å². The Morgan fingerprint density at radius 2 is 2.12 bits per heavy atom. The molecule has 0 saturated heterocycles. The van der Waals surface area contributed by atoms with Crippen LogP contribution in [0, 0.1) is 0 Å². The zero-order valence-electron chi connectivity index (χ0n) is 8.54. The molecule has 4 nitrogen and oxygen atoms in total. The first kappa shape index (κ1) is 11.4. The molecule has 1 aromatic carbocycles. The molecule has 0 bridgehead atoms. The van der Waals surface area contributed by atoms with Crippen LogP contribution < -0.4 is 4.74 Å². The molecular formula is C10H6F3NO3. The molecule has 17 heavy (non-hydrogen) atoms. The second kappa shape index (κ2) is 3.76. The SMILES string of the molecule is CC(=O)c1nc2c(OC(F)(F)F)cccc2o1. The summed E-state index contributed by atoms with van der Waals surface area (Å²) in [4.78, 5) is 14.6. The maximum Gasteiger partial charge on any atom is 0.573 e. The van der Waals surface area contributed by atoms with Gasteiger partial charge in [0, 0.05) is 6.92 Å². The second-order valence-electron chi connectivity index (χ2n) is 3.23. The number of hydrogen-bond donors (Lipinski definition) is 0. The third kappa shape index (κ3) is 2.38. The second-order valence-corrected chi connectivity index (χ2v) is 3.23. The van der Waals surface area contributed by atoms with Crippen LogP contribution >= 0.6 is 0 Å². The number of ether oxygens (including phenoxy) is 1. The number of carbonyl (C=O) groups excluding carboxylic acids is 1. The van der Waals surface area contributed by atoms with E-state index >= 15 is 0 Å². The number of alkyl halides is 3. The number of para-hydroxylation sites is 1. The van der Waals surface area contributed by atoms with E-state index in [0.717, 1.165) is 6.07 Å². The standard InChI is InChI=1S/C10H6F3NO3/c1-5(15)9-14-8-6(16-9)3-2-4-7(8)17-10(11,12)13/h2-4H,1H3. The molecule has 0 aliphatic rings. The summed E-state index contributed by atoms with van der Waals surface area (Å²) in [6.45, 7) is 1.20. The fourth-order valence-electron chi connectivity index (χ4n) is 1.28. The lowest BCUT2D eigenvalue weighted by atomic mass is 10.3. The molecule has 2 rings (SSSR count). The molecule has 90 valence electrons. The highest BCUT2D eigenvalue weighted by molar-refractivity contribution is 5.93. The normalized spacial score (nSPS) is 11.8. The largest absolute Gasteiger partial charge is 0.573 e. The number of carbonyl (C=O) groups is 1. The molecule has 0 saturated carbocycles. The van der Waals surface area contributed by atoms with Crippen LogP contribution in [-0.4, -0.2) is 17.1 Å². The van der Waals surface area contributed by atoms with Gasteiger partial charge in [-0.25, -0.2) is 4.98 Å². The molecule has 0 aliphatic heterocycles. The van der Waals surface area contributed by atoms with Crippen molar-refractivity contribution in [2.45, 2.75) is 13.3 Å². The molecule has 0 unspecified atom stereocenters. The lowest BCUT2D eigenvalue weighted by Crippen LogP contribution is -2.17. The first-order valence-corrected chi connectivity index (χ1v) is 4.53. The summed E-state index contributed by atoms with van der Waals surface area (Å²) in [6, 6.07) is 3.82. The Bertz CT molecular complexity index is 574. The number of nitrogens with zero attached hydrogens (tertiary/aromatic N) is 1. The summed E-state index contributed by atoms with van der Waals surface area (Å²) in [6.07, 6.45) is -4.82. The number of fused-ring (bicyclic) bond motifs is 1. The molecule has 2 aromatic rings. The zero-order chi connectivity index (χ0) is 12.6. The van der Waals surface area contributed by atoms with Crippen molar-refractivity contribution in [3.05, 3.63) is 24.1 Å². The number of Topliss-reactive ketones (excluding diaryl/α,β-unsaturated/α-hetero) is 1. The van der Waals surface area contributed by atoms with Crippen molar-refractivity contribution in [2.24, 2.45) is 0 Å². The highest BCUT2D eigenvalue weighted by Gasteiger charge is 2.32. The van der Waals surface area contributed by atoms with Crippen molar-refractivity contribution in [3.8, 4) is 5.75 Å². The number of hydrogen-bond acceptors (Lipinski definition) is 4. The number of rotatable bonds is 2. The first-order chi connectivity index (χ1) is 7.87. The van der Waals surface area contributed by atoms with Gasteiger partial charge in [-0.2, -0.15) is 0 Å². The highest BCUT2D eigenvalue weighted by Crippen LogP contribution is 2.30. The average molecular weight is 245 g/mol. The van der Waals surface area contributed by atoms with E-state index in [4.69, 9.17) is 4.42 Å². The molecule has 7 heteroatoms. The van der Waals surface area contributed by atoms with E-state index in [2.05, 4.69) is 9.72 Å². The van der Waals surface area contributed by atoms with Gasteiger partial charge in [0.05, 0.1) is 0 Å². The molecule has 0 radical (unpaired) electrons. The lowest BCUT2D eigenvalue weighted by Gasteiger charge is -2.07. The van der Waals surface area contributed by atoms with Crippen molar-refractivity contribution < 1.29 is 27.1 Å². The minimum atomic E-state index is -4.82. The van der Waals surface area contributed by atoms with Gasteiger partial charge in [-0.1, -0.05) is 6.07 Å². The minimum absolute atomic E-state index is 0.0666. The van der Waals surface area contributed by atoms with Crippen LogP contribution in [0.2, 0.25) is 0 Å². The highest BCUT2D eigenvalue weighted by atomic mass is 19.4. The van der Waals surface area contributed by atoms with Gasteiger partial charge in [0.2, 0.25) is 5.78 Å². The van der Waals surface area contributed by atoms with E-state index in [0.29, 0.717) is 0 Å². The van der Waals surface area contributed by atoms with E-state index in [-0.39, 0.29) is 17.0 Å². The monoisotopic (exact) mass is 245 g/mol. The van der Waals surface area contributed by atoms with Crippen molar-refractivity contribution in [2.75, 3.05) is 0 Å². The van der Waals surface area contributed by atoms with Crippen LogP contribution in [0.4, 0.5) is 13.2 Å². The van der Waals surface area contributed by atoms with Gasteiger partial charge in [0.15, 0.2) is 16.8 Å². The van der Waals surface area contributed by atoms with E-state index in [1.165, 1.54) is 19.1 Å². The van der Waals surface area contributed by atoms with Crippen molar-refractivity contribution in [1.82, 2.24) is 4.98 Å². The summed E-state index contributed by atoms with van der Waals surface area (Å²) < 4.78 is 45.0. The first-order valence-electron chi connectivity index (χ1n) is 4.53. The number of oxazole rings is 1. The molecule has 0 amide bonds. The predicted molar refractivity (Wildman–Crippen MR) is 50.7 cm³/mol. The van der Waals surface area contributed by atoms with Gasteiger partial charge < -0.3 is 9.15 Å². The van der Waals surface area contributed by atoms with E-state index in [1.807, 2.05) is 0 Å². The van der Waals surface area contributed by atoms with Crippen LogP contribution in [0.3, 0.4) is 0 Å². The topological polar surface area (TPSA) is 52.3 Å². The summed E-state index contributed by atoms with van der Waals surface area (Å²) in [5.41, 5.74) is -0.0630. The predicted octanol–water partition coefficient (Wildman–Crippen LogP) is 2.93. The minimum Gasteiger partial charge on any atom is -0.434 e. The molecule has 1 aromatic heterocycles. The smallest absolute Gasteiger partial charge is 0.434 e. The molecule has 1 heterocycles. The molecule has 0 fully saturated rings. The maximum absolute atomic E-state index is 12.1. The Morgan fingerprint density at radius 3 is 2.71 bits per heavy atom. The summed E-state index contributed by atoms with van der Waals surface area (Å²) >= 11 is 0. The van der Waals surface area contributed by atoms with Gasteiger partial charge >= 0.3 is 6.36 Å². The van der Waals surface area contributed by atoms with Gasteiger partial charge in [-0.05, 0) is 12.1 Å². The van der Waals surface area contributed by atoms with Crippen LogP contribution in [0.1, 0.15) is 17.6 Å². The zero-order valence-corrected chi connectivity index (χ0v) is 8.54. The van der Waals surface area contributed by atoms with Crippen LogP contribution in [0.15, 0.2) is 22.6 Å². The Balaban J connectivity index is 2.53. The quantitative estimate of drug-likeness (QED) is 0.763. The fourth-order valence-corrected chi connectivity index (χ4v) is 1.28. The van der Waals surface area contributed by atoms with Gasteiger partial charge in [-0.3, -0.25) is 4.79 Å². The molecule has 0 N–H and O–H groups in total. The van der Waals surface area contributed by atoms with Crippen LogP contribution in [0.25, 0.3) is 11.1 Å². The van der Waals surface area contributed by atoms with Crippen molar-refractivity contribution in [1.29, 1.82) is 0 Å². The van der Waals surface area contributed by atoms with Crippen molar-refractivity contribution >= 4 is 16.9 Å². The number of aromatic nitrogens is 1. The summed E-state index contributed by atoms with van der Waals surface area (Å²) in [5, 5.41) is 0. The Kier molecular flexibility index (Phi) is 2.53. The van der Waals surface area contributed by atoms with Crippen molar-refractivity contribution in [3.63, 3.8) is 0 Å². The summed E-state index contributed by atoms with van der Waals surface area (Å²) in [5.74, 6) is -1.22.